The molecule has 0 atom stereocenters. The van der Waals surface area contributed by atoms with E-state index in [-0.39, 0.29) is 5.92 Å². The number of amides is 1. The predicted octanol–water partition coefficient (Wildman–Crippen LogP) is 2.12. The molecule has 1 amide bonds. The van der Waals surface area contributed by atoms with Crippen molar-refractivity contribution in [3.8, 4) is 0 Å². The average molecular weight is 238 g/mol. The van der Waals surface area contributed by atoms with Crippen molar-refractivity contribution in [2.24, 2.45) is 5.92 Å². The summed E-state index contributed by atoms with van der Waals surface area (Å²) in [6.07, 6.45) is 9.12. The molecule has 1 saturated heterocycles. The lowest BCUT2D eigenvalue weighted by molar-refractivity contribution is -0.134. The molecular formula is C14H26N2O. The molecular weight excluding hydrogens is 212 g/mol. The third-order valence-corrected chi connectivity index (χ3v) is 4.41. The minimum Gasteiger partial charge on any atom is -0.349 e. The van der Waals surface area contributed by atoms with Crippen LogP contribution in [-0.4, -0.2) is 48.9 Å². The van der Waals surface area contributed by atoms with Crippen LogP contribution in [0, 0.1) is 5.92 Å². The molecule has 2 aliphatic rings. The Labute approximate surface area is 105 Å². The molecule has 0 bridgehead atoms. The van der Waals surface area contributed by atoms with Crippen molar-refractivity contribution < 1.29 is 4.79 Å². The first kappa shape index (κ1) is 12.9. The van der Waals surface area contributed by atoms with Gasteiger partial charge in [0.2, 0.25) is 5.91 Å². The SMILES string of the molecule is CN(C)C(=O)C1CCN(C2CCCCC2)CC1. The van der Waals surface area contributed by atoms with E-state index < -0.39 is 0 Å². The maximum atomic E-state index is 11.9. The molecule has 1 aliphatic heterocycles. The highest BCUT2D eigenvalue weighted by molar-refractivity contribution is 5.78. The number of carbonyl (C=O) groups excluding carboxylic acids is 1. The van der Waals surface area contributed by atoms with E-state index in [1.54, 1.807) is 4.90 Å². The number of likely N-dealkylation sites (tertiary alicyclic amines) is 1. The lowest BCUT2D eigenvalue weighted by atomic mass is 9.89. The Balaban J connectivity index is 1.79. The zero-order chi connectivity index (χ0) is 12.3. The molecule has 2 rings (SSSR count). The molecule has 0 aromatic carbocycles. The van der Waals surface area contributed by atoms with Gasteiger partial charge >= 0.3 is 0 Å². The van der Waals surface area contributed by atoms with Crippen molar-refractivity contribution in [2.75, 3.05) is 27.2 Å². The van der Waals surface area contributed by atoms with Crippen LogP contribution in [0.15, 0.2) is 0 Å². The molecule has 0 spiro atoms. The standard InChI is InChI=1S/C14H26N2O/c1-15(2)14(17)12-8-10-16(11-9-12)13-6-4-3-5-7-13/h12-13H,3-11H2,1-2H3. The normalized spacial score (nSPS) is 24.8. The molecule has 2 fully saturated rings. The molecule has 0 radical (unpaired) electrons. The molecule has 0 aromatic rings. The first-order valence-corrected chi connectivity index (χ1v) is 7.13. The fourth-order valence-corrected chi connectivity index (χ4v) is 3.32. The first-order valence-electron chi connectivity index (χ1n) is 7.13. The van der Waals surface area contributed by atoms with Crippen LogP contribution in [0.3, 0.4) is 0 Å². The summed E-state index contributed by atoms with van der Waals surface area (Å²) in [4.78, 5) is 16.3. The van der Waals surface area contributed by atoms with Gasteiger partial charge in [-0.2, -0.15) is 0 Å². The molecule has 1 aliphatic carbocycles. The lowest BCUT2D eigenvalue weighted by Gasteiger charge is -2.39. The Morgan fingerprint density at radius 1 is 1.00 bits per heavy atom. The number of rotatable bonds is 2. The molecule has 1 heterocycles. The molecule has 3 nitrogen and oxygen atoms in total. The zero-order valence-corrected chi connectivity index (χ0v) is 11.3. The fourth-order valence-electron chi connectivity index (χ4n) is 3.32. The van der Waals surface area contributed by atoms with Crippen molar-refractivity contribution >= 4 is 5.91 Å². The van der Waals surface area contributed by atoms with Gasteiger partial charge in [0.15, 0.2) is 0 Å². The van der Waals surface area contributed by atoms with Gasteiger partial charge in [0.25, 0.3) is 0 Å². The minimum atomic E-state index is 0.282. The van der Waals surface area contributed by atoms with Crippen LogP contribution in [0.2, 0.25) is 0 Å². The maximum absolute atomic E-state index is 11.9. The Morgan fingerprint density at radius 3 is 2.12 bits per heavy atom. The number of hydrogen-bond donors (Lipinski definition) is 0. The average Bonchev–Trinajstić information content (AvgIpc) is 2.39. The van der Waals surface area contributed by atoms with E-state index in [0.29, 0.717) is 5.91 Å². The zero-order valence-electron chi connectivity index (χ0n) is 11.3. The van der Waals surface area contributed by atoms with Crippen molar-refractivity contribution in [3.05, 3.63) is 0 Å². The van der Waals surface area contributed by atoms with E-state index in [2.05, 4.69) is 4.90 Å². The first-order chi connectivity index (χ1) is 8.18. The van der Waals surface area contributed by atoms with Crippen LogP contribution >= 0.6 is 0 Å². The van der Waals surface area contributed by atoms with E-state index in [4.69, 9.17) is 0 Å². The van der Waals surface area contributed by atoms with Gasteiger partial charge in [-0.15, -0.1) is 0 Å². The van der Waals surface area contributed by atoms with Crippen molar-refractivity contribution in [2.45, 2.75) is 51.0 Å². The molecule has 3 heteroatoms. The highest BCUT2D eigenvalue weighted by Gasteiger charge is 2.29. The highest BCUT2D eigenvalue weighted by atomic mass is 16.2. The van der Waals surface area contributed by atoms with Crippen LogP contribution in [0.4, 0.5) is 0 Å². The molecule has 0 aromatic heterocycles. The second-order valence-corrected chi connectivity index (χ2v) is 5.83. The third kappa shape index (κ3) is 3.21. The second-order valence-electron chi connectivity index (χ2n) is 5.83. The third-order valence-electron chi connectivity index (χ3n) is 4.41. The summed E-state index contributed by atoms with van der Waals surface area (Å²) in [5, 5.41) is 0. The quantitative estimate of drug-likeness (QED) is 0.735. The number of piperidine rings is 1. The van der Waals surface area contributed by atoms with Crippen LogP contribution < -0.4 is 0 Å². The number of nitrogens with zero attached hydrogens (tertiary/aromatic N) is 2. The van der Waals surface area contributed by atoms with Gasteiger partial charge in [-0.3, -0.25) is 4.79 Å². The smallest absolute Gasteiger partial charge is 0.225 e. The monoisotopic (exact) mass is 238 g/mol. The molecule has 1 saturated carbocycles. The Kier molecular flexibility index (Phi) is 4.43. The Morgan fingerprint density at radius 2 is 1.59 bits per heavy atom. The summed E-state index contributed by atoms with van der Waals surface area (Å²) in [6.45, 7) is 2.27. The molecule has 17 heavy (non-hydrogen) atoms. The van der Waals surface area contributed by atoms with Crippen LogP contribution in [0.5, 0.6) is 0 Å². The minimum absolute atomic E-state index is 0.282. The van der Waals surface area contributed by atoms with Gasteiger partial charge in [-0.05, 0) is 38.8 Å². The predicted molar refractivity (Wildman–Crippen MR) is 69.9 cm³/mol. The fraction of sp³-hybridized carbons (Fsp3) is 0.929. The summed E-state index contributed by atoms with van der Waals surface area (Å²) in [7, 11) is 3.74. The van der Waals surface area contributed by atoms with Gasteiger partial charge in [-0.1, -0.05) is 19.3 Å². The summed E-state index contributed by atoms with van der Waals surface area (Å²) in [6, 6.07) is 0.819. The van der Waals surface area contributed by atoms with Crippen LogP contribution in [-0.2, 0) is 4.79 Å². The van der Waals surface area contributed by atoms with Gasteiger partial charge in [0, 0.05) is 26.1 Å². The van der Waals surface area contributed by atoms with Crippen LogP contribution in [0.1, 0.15) is 44.9 Å². The Bertz CT molecular complexity index is 251. The van der Waals surface area contributed by atoms with Gasteiger partial charge < -0.3 is 9.80 Å². The molecule has 0 unspecified atom stereocenters. The van der Waals surface area contributed by atoms with Crippen LogP contribution in [0.25, 0.3) is 0 Å². The van der Waals surface area contributed by atoms with E-state index in [0.717, 1.165) is 32.0 Å². The largest absolute Gasteiger partial charge is 0.349 e. The lowest BCUT2D eigenvalue weighted by Crippen LogP contribution is -2.45. The van der Waals surface area contributed by atoms with Crippen molar-refractivity contribution in [3.63, 3.8) is 0 Å². The van der Waals surface area contributed by atoms with Crippen molar-refractivity contribution in [1.29, 1.82) is 0 Å². The van der Waals surface area contributed by atoms with E-state index in [1.807, 2.05) is 14.1 Å². The summed E-state index contributed by atoms with van der Waals surface area (Å²) >= 11 is 0. The van der Waals surface area contributed by atoms with E-state index in [9.17, 15) is 4.79 Å². The highest BCUT2D eigenvalue weighted by Crippen LogP contribution is 2.27. The van der Waals surface area contributed by atoms with Gasteiger partial charge in [-0.25, -0.2) is 0 Å². The summed E-state index contributed by atoms with van der Waals surface area (Å²) in [5.74, 6) is 0.609. The van der Waals surface area contributed by atoms with E-state index in [1.165, 1.54) is 32.1 Å². The topological polar surface area (TPSA) is 23.6 Å². The molecule has 98 valence electrons. The van der Waals surface area contributed by atoms with Crippen molar-refractivity contribution in [1.82, 2.24) is 9.80 Å². The number of hydrogen-bond acceptors (Lipinski definition) is 2. The van der Waals surface area contributed by atoms with Gasteiger partial charge in [0.1, 0.15) is 0 Å². The summed E-state index contributed by atoms with van der Waals surface area (Å²) < 4.78 is 0. The second kappa shape index (κ2) is 5.85. The maximum Gasteiger partial charge on any atom is 0.225 e. The van der Waals surface area contributed by atoms with E-state index >= 15 is 0 Å². The van der Waals surface area contributed by atoms with Gasteiger partial charge in [0.05, 0.1) is 0 Å². The summed E-state index contributed by atoms with van der Waals surface area (Å²) in [5.41, 5.74) is 0. The number of carbonyl (C=O) groups is 1. The molecule has 0 N–H and O–H groups in total. The Hall–Kier alpha value is -0.570.